The molecule has 0 unspecified atom stereocenters. The van der Waals surface area contributed by atoms with Crippen molar-refractivity contribution in [3.63, 3.8) is 0 Å². The van der Waals surface area contributed by atoms with Crippen molar-refractivity contribution in [2.45, 2.75) is 0 Å². The molecule has 10 nitrogen and oxygen atoms in total. The van der Waals surface area contributed by atoms with Gasteiger partial charge in [0.1, 0.15) is 0 Å². The fourth-order valence-corrected chi connectivity index (χ4v) is 3.47. The standard InChI is InChI=1S/C22H22ClFN8O2/c1-25-21(33)17-5-4-14(10-18(17)23)29-16-3-2-15(26-11-16)12-28-31-22-27-13-19(24)20(30-22)32-6-8-34-9-7-32/h2-5,10-13,29H,6-9H2,1H3,(H,25,33)(H,27,30,31)/b28-12+. The van der Waals surface area contributed by atoms with Crippen LogP contribution in [0.1, 0.15) is 16.1 Å². The van der Waals surface area contributed by atoms with Crippen LogP contribution in [-0.2, 0) is 4.74 Å². The van der Waals surface area contributed by atoms with Crippen LogP contribution in [0.5, 0.6) is 0 Å². The number of hydrogen-bond acceptors (Lipinski definition) is 9. The number of carbonyl (C=O) groups excluding carboxylic acids is 1. The molecule has 2 aromatic heterocycles. The normalized spacial score (nSPS) is 13.7. The molecule has 34 heavy (non-hydrogen) atoms. The molecule has 3 aromatic rings. The summed E-state index contributed by atoms with van der Waals surface area (Å²) in [5.74, 6) is -0.355. The first-order valence-electron chi connectivity index (χ1n) is 10.4. The van der Waals surface area contributed by atoms with Gasteiger partial charge in [-0.2, -0.15) is 10.1 Å². The number of morpholine rings is 1. The minimum atomic E-state index is -0.495. The lowest BCUT2D eigenvalue weighted by Gasteiger charge is -2.27. The van der Waals surface area contributed by atoms with E-state index in [0.29, 0.717) is 48.3 Å². The van der Waals surface area contributed by atoms with Crippen LogP contribution in [0.3, 0.4) is 0 Å². The van der Waals surface area contributed by atoms with E-state index < -0.39 is 5.82 Å². The van der Waals surface area contributed by atoms with Crippen LogP contribution in [0, 0.1) is 5.82 Å². The summed E-state index contributed by atoms with van der Waals surface area (Å²) in [4.78, 5) is 26.0. The molecule has 1 aliphatic rings. The molecule has 0 saturated carbocycles. The number of hydrogen-bond donors (Lipinski definition) is 3. The Labute approximate surface area is 200 Å². The summed E-state index contributed by atoms with van der Waals surface area (Å²) in [6.45, 7) is 2.17. The third-order valence-corrected chi connectivity index (χ3v) is 5.23. The molecule has 0 aliphatic carbocycles. The van der Waals surface area contributed by atoms with Gasteiger partial charge < -0.3 is 20.3 Å². The van der Waals surface area contributed by atoms with Crippen LogP contribution in [0.2, 0.25) is 5.02 Å². The van der Waals surface area contributed by atoms with E-state index in [1.54, 1.807) is 37.5 Å². The van der Waals surface area contributed by atoms with Gasteiger partial charge in [0.15, 0.2) is 11.6 Å². The number of aromatic nitrogens is 3. The zero-order valence-corrected chi connectivity index (χ0v) is 19.0. The summed E-state index contributed by atoms with van der Waals surface area (Å²) in [6.07, 6.45) is 4.24. The Kier molecular flexibility index (Phi) is 7.45. The topological polar surface area (TPSA) is 117 Å². The Morgan fingerprint density at radius 1 is 1.18 bits per heavy atom. The van der Waals surface area contributed by atoms with E-state index in [4.69, 9.17) is 16.3 Å². The molecule has 1 amide bonds. The quantitative estimate of drug-likeness (QED) is 0.346. The van der Waals surface area contributed by atoms with E-state index in [0.717, 1.165) is 11.9 Å². The zero-order valence-electron chi connectivity index (χ0n) is 18.3. The van der Waals surface area contributed by atoms with Crippen LogP contribution in [0.15, 0.2) is 47.8 Å². The number of benzene rings is 1. The maximum absolute atomic E-state index is 14.1. The van der Waals surface area contributed by atoms with Crippen molar-refractivity contribution < 1.29 is 13.9 Å². The fourth-order valence-electron chi connectivity index (χ4n) is 3.20. The van der Waals surface area contributed by atoms with Crippen LogP contribution < -0.4 is 21.0 Å². The number of amides is 1. The zero-order chi connectivity index (χ0) is 23.9. The number of rotatable bonds is 7. The van der Waals surface area contributed by atoms with Crippen molar-refractivity contribution >= 4 is 46.9 Å². The van der Waals surface area contributed by atoms with Crippen LogP contribution in [-0.4, -0.2) is 60.4 Å². The highest BCUT2D eigenvalue weighted by Gasteiger charge is 2.17. The first kappa shape index (κ1) is 23.3. The van der Waals surface area contributed by atoms with Crippen molar-refractivity contribution in [1.82, 2.24) is 20.3 Å². The van der Waals surface area contributed by atoms with Gasteiger partial charge >= 0.3 is 0 Å². The lowest BCUT2D eigenvalue weighted by atomic mass is 10.2. The van der Waals surface area contributed by atoms with Crippen molar-refractivity contribution in [2.75, 3.05) is 49.0 Å². The molecule has 1 aliphatic heterocycles. The van der Waals surface area contributed by atoms with Gasteiger partial charge in [-0.05, 0) is 30.3 Å². The van der Waals surface area contributed by atoms with Crippen LogP contribution >= 0.6 is 11.6 Å². The Morgan fingerprint density at radius 3 is 2.68 bits per heavy atom. The maximum Gasteiger partial charge on any atom is 0.252 e. The van der Waals surface area contributed by atoms with Crippen LogP contribution in [0.25, 0.3) is 0 Å². The number of pyridine rings is 1. The first-order chi connectivity index (χ1) is 16.5. The van der Waals surface area contributed by atoms with E-state index in [2.05, 4.69) is 36.1 Å². The van der Waals surface area contributed by atoms with E-state index in [9.17, 15) is 9.18 Å². The van der Waals surface area contributed by atoms with Gasteiger partial charge in [0.2, 0.25) is 5.95 Å². The van der Waals surface area contributed by atoms with E-state index >= 15 is 0 Å². The number of hydrazone groups is 1. The molecule has 0 spiro atoms. The van der Waals surface area contributed by atoms with E-state index in [1.807, 2.05) is 11.0 Å². The average molecular weight is 485 g/mol. The Balaban J connectivity index is 1.36. The molecule has 0 atom stereocenters. The Bertz CT molecular complexity index is 1190. The molecule has 4 rings (SSSR count). The lowest BCUT2D eigenvalue weighted by Crippen LogP contribution is -2.37. The lowest BCUT2D eigenvalue weighted by molar-refractivity contribution is 0.0963. The third kappa shape index (κ3) is 5.74. The molecular formula is C22H22ClFN8O2. The highest BCUT2D eigenvalue weighted by atomic mass is 35.5. The fraction of sp³-hybridized carbons (Fsp3) is 0.227. The molecular weight excluding hydrogens is 463 g/mol. The van der Waals surface area contributed by atoms with Gasteiger partial charge in [-0.1, -0.05) is 11.6 Å². The Hall–Kier alpha value is -3.83. The number of nitrogens with one attached hydrogen (secondary N) is 3. The van der Waals surface area contributed by atoms with Crippen molar-refractivity contribution in [2.24, 2.45) is 5.10 Å². The minimum absolute atomic E-state index is 0.175. The number of nitrogens with zero attached hydrogens (tertiary/aromatic N) is 5. The summed E-state index contributed by atoms with van der Waals surface area (Å²) in [5.41, 5.74) is 5.12. The monoisotopic (exact) mass is 484 g/mol. The largest absolute Gasteiger partial charge is 0.378 e. The van der Waals surface area contributed by atoms with Crippen molar-refractivity contribution in [1.29, 1.82) is 0 Å². The minimum Gasteiger partial charge on any atom is -0.378 e. The molecule has 3 N–H and O–H groups in total. The first-order valence-corrected chi connectivity index (χ1v) is 10.8. The highest BCUT2D eigenvalue weighted by Crippen LogP contribution is 2.24. The smallest absolute Gasteiger partial charge is 0.252 e. The van der Waals surface area contributed by atoms with E-state index in [1.165, 1.54) is 6.21 Å². The predicted molar refractivity (Wildman–Crippen MR) is 129 cm³/mol. The number of anilines is 4. The second-order valence-corrected chi connectivity index (χ2v) is 7.61. The molecule has 176 valence electrons. The summed E-state index contributed by atoms with van der Waals surface area (Å²) < 4.78 is 19.4. The summed E-state index contributed by atoms with van der Waals surface area (Å²) in [5, 5.41) is 10.1. The van der Waals surface area contributed by atoms with E-state index in [-0.39, 0.29) is 17.7 Å². The van der Waals surface area contributed by atoms with Crippen LogP contribution in [0.4, 0.5) is 27.5 Å². The molecule has 0 bridgehead atoms. The predicted octanol–water partition coefficient (Wildman–Crippen LogP) is 3.05. The SMILES string of the molecule is CNC(=O)c1ccc(Nc2ccc(/C=N/Nc3ncc(F)c(N4CCOCC4)n3)nc2)cc1Cl. The highest BCUT2D eigenvalue weighted by molar-refractivity contribution is 6.34. The second kappa shape index (κ2) is 10.9. The third-order valence-electron chi connectivity index (χ3n) is 4.91. The summed E-state index contributed by atoms with van der Waals surface area (Å²) >= 11 is 6.18. The molecule has 12 heteroatoms. The molecule has 1 saturated heterocycles. The summed E-state index contributed by atoms with van der Waals surface area (Å²) in [6, 6.07) is 8.65. The van der Waals surface area contributed by atoms with Gasteiger partial charge in [0, 0.05) is 25.8 Å². The van der Waals surface area contributed by atoms with Gasteiger partial charge in [-0.25, -0.2) is 14.8 Å². The molecule has 3 heterocycles. The molecule has 1 fully saturated rings. The molecule has 1 aromatic carbocycles. The average Bonchev–Trinajstić information content (AvgIpc) is 2.86. The van der Waals surface area contributed by atoms with Crippen molar-refractivity contribution in [3.05, 3.63) is 64.8 Å². The molecule has 0 radical (unpaired) electrons. The number of carbonyl (C=O) groups is 1. The van der Waals surface area contributed by atoms with Gasteiger partial charge in [0.25, 0.3) is 5.91 Å². The second-order valence-electron chi connectivity index (χ2n) is 7.21. The van der Waals surface area contributed by atoms with Crippen molar-refractivity contribution in [3.8, 4) is 0 Å². The number of ether oxygens (including phenoxy) is 1. The van der Waals surface area contributed by atoms with Gasteiger partial charge in [-0.3, -0.25) is 9.78 Å². The summed E-state index contributed by atoms with van der Waals surface area (Å²) in [7, 11) is 1.55. The maximum atomic E-state index is 14.1. The van der Waals surface area contributed by atoms with Gasteiger partial charge in [0.05, 0.1) is 53.8 Å². The number of halogens is 2. The Morgan fingerprint density at radius 2 is 1.97 bits per heavy atom. The van der Waals surface area contributed by atoms with Gasteiger partial charge in [-0.15, -0.1) is 0 Å².